The number of ketones is 1. The van der Waals surface area contributed by atoms with E-state index < -0.39 is 27.7 Å². The van der Waals surface area contributed by atoms with Crippen LogP contribution in [0.2, 0.25) is 0 Å². The standard InChI is InChI=1S/C28H36BrNO7S/c1-3-36-27(33)28-16-20(28)10-8-6-4-5-7-9-19(2)26(32)30-18-22(15-24(30)25(31)17-28)37-38(34,35)23-13-11-21(29)12-14-23/h8,10-14,19-20,22,24H,3-7,9,15-18H2,1-2H3/b10-8-/t19-,20+,22-,24-,28+/m0/s1. The summed E-state index contributed by atoms with van der Waals surface area (Å²) in [6.07, 6.45) is 8.25. The number of fused-ring (bicyclic) bond motifs is 2. The van der Waals surface area contributed by atoms with Gasteiger partial charge in [-0.25, -0.2) is 0 Å². The molecule has 0 bridgehead atoms. The van der Waals surface area contributed by atoms with E-state index in [1.165, 1.54) is 17.0 Å². The van der Waals surface area contributed by atoms with E-state index in [0.717, 1.165) is 30.2 Å². The van der Waals surface area contributed by atoms with Crippen molar-refractivity contribution in [3.05, 3.63) is 40.9 Å². The van der Waals surface area contributed by atoms with Crippen molar-refractivity contribution in [2.45, 2.75) is 82.3 Å². The van der Waals surface area contributed by atoms with E-state index in [2.05, 4.69) is 22.0 Å². The van der Waals surface area contributed by atoms with Crippen LogP contribution in [0.15, 0.2) is 45.8 Å². The normalized spacial score (nSPS) is 31.5. The van der Waals surface area contributed by atoms with Crippen molar-refractivity contribution >= 4 is 43.7 Å². The lowest BCUT2D eigenvalue weighted by atomic mass is 9.91. The van der Waals surface area contributed by atoms with Crippen LogP contribution in [0, 0.1) is 17.3 Å². The second-order valence-electron chi connectivity index (χ2n) is 10.7. The molecule has 1 saturated carbocycles. The van der Waals surface area contributed by atoms with Crippen LogP contribution in [-0.2, 0) is 33.4 Å². The summed E-state index contributed by atoms with van der Waals surface area (Å²) in [7, 11) is -4.10. The number of benzene rings is 1. The van der Waals surface area contributed by atoms with Gasteiger partial charge in [-0.15, -0.1) is 0 Å². The molecule has 1 aromatic carbocycles. The van der Waals surface area contributed by atoms with Crippen LogP contribution in [-0.4, -0.2) is 56.3 Å². The smallest absolute Gasteiger partial charge is 0.313 e. The molecule has 2 aliphatic heterocycles. The van der Waals surface area contributed by atoms with Gasteiger partial charge in [-0.2, -0.15) is 8.42 Å². The zero-order chi connectivity index (χ0) is 27.5. The molecule has 10 heteroatoms. The number of rotatable bonds is 5. The minimum atomic E-state index is -4.10. The largest absolute Gasteiger partial charge is 0.466 e. The summed E-state index contributed by atoms with van der Waals surface area (Å²) < 4.78 is 37.5. The fourth-order valence-electron chi connectivity index (χ4n) is 5.61. The van der Waals surface area contributed by atoms with Crippen molar-refractivity contribution < 1.29 is 31.7 Å². The van der Waals surface area contributed by atoms with Crippen LogP contribution in [0.1, 0.15) is 65.2 Å². The lowest BCUT2D eigenvalue weighted by Crippen LogP contribution is -2.44. The summed E-state index contributed by atoms with van der Waals surface area (Å²) in [5.74, 6) is -1.20. The molecule has 208 valence electrons. The molecule has 2 fully saturated rings. The molecule has 0 unspecified atom stereocenters. The third-order valence-electron chi connectivity index (χ3n) is 7.89. The summed E-state index contributed by atoms with van der Waals surface area (Å²) in [6, 6.07) is 5.25. The maximum atomic E-state index is 13.7. The number of allylic oxidation sites excluding steroid dienone is 2. The molecular weight excluding hydrogens is 574 g/mol. The van der Waals surface area contributed by atoms with Gasteiger partial charge in [0, 0.05) is 29.8 Å². The number of hydrogen-bond donors (Lipinski definition) is 0. The highest BCUT2D eigenvalue weighted by Crippen LogP contribution is 2.57. The van der Waals surface area contributed by atoms with Crippen molar-refractivity contribution in [1.29, 1.82) is 0 Å². The summed E-state index contributed by atoms with van der Waals surface area (Å²) in [4.78, 5) is 41.7. The highest BCUT2D eigenvalue weighted by molar-refractivity contribution is 9.10. The summed E-state index contributed by atoms with van der Waals surface area (Å²) >= 11 is 3.29. The van der Waals surface area contributed by atoms with Crippen LogP contribution < -0.4 is 0 Å². The molecule has 0 N–H and O–H groups in total. The van der Waals surface area contributed by atoms with Gasteiger partial charge in [0.1, 0.15) is 0 Å². The van der Waals surface area contributed by atoms with Gasteiger partial charge >= 0.3 is 5.97 Å². The molecule has 1 amide bonds. The maximum Gasteiger partial charge on any atom is 0.313 e. The Bertz CT molecular complexity index is 1180. The minimum Gasteiger partial charge on any atom is -0.466 e. The zero-order valence-corrected chi connectivity index (χ0v) is 24.3. The Balaban J connectivity index is 1.59. The van der Waals surface area contributed by atoms with Crippen molar-refractivity contribution in [3.8, 4) is 0 Å². The molecule has 2 heterocycles. The van der Waals surface area contributed by atoms with E-state index in [1.54, 1.807) is 19.1 Å². The molecule has 38 heavy (non-hydrogen) atoms. The quantitative estimate of drug-likeness (QED) is 0.268. The average molecular weight is 611 g/mol. The van der Waals surface area contributed by atoms with Gasteiger partial charge in [0.2, 0.25) is 5.91 Å². The number of halogens is 1. The molecular formula is C28H36BrNO7S. The number of Topliss-reactive ketones (excluding diaryl/α,β-unsaturated/α-hetero) is 1. The molecule has 1 aliphatic carbocycles. The van der Waals surface area contributed by atoms with Crippen LogP contribution in [0.3, 0.4) is 0 Å². The first-order valence-electron chi connectivity index (χ1n) is 13.4. The summed E-state index contributed by atoms with van der Waals surface area (Å²) in [5.41, 5.74) is -0.924. The number of nitrogens with zero attached hydrogens (tertiary/aromatic N) is 1. The van der Waals surface area contributed by atoms with Gasteiger partial charge in [-0.05, 0) is 62.8 Å². The summed E-state index contributed by atoms with van der Waals surface area (Å²) in [5, 5.41) is 0. The Morgan fingerprint density at radius 3 is 2.61 bits per heavy atom. The molecule has 0 spiro atoms. The van der Waals surface area contributed by atoms with Crippen LogP contribution in [0.25, 0.3) is 0 Å². The lowest BCUT2D eigenvalue weighted by Gasteiger charge is -2.27. The highest BCUT2D eigenvalue weighted by Gasteiger charge is 2.61. The van der Waals surface area contributed by atoms with E-state index in [4.69, 9.17) is 8.92 Å². The molecule has 4 rings (SSSR count). The average Bonchev–Trinajstić information content (AvgIpc) is 3.41. The van der Waals surface area contributed by atoms with Crippen molar-refractivity contribution in [1.82, 2.24) is 4.90 Å². The Kier molecular flexibility index (Phi) is 9.15. The van der Waals surface area contributed by atoms with E-state index in [1.807, 2.05) is 13.0 Å². The van der Waals surface area contributed by atoms with Crippen molar-refractivity contribution in [2.24, 2.45) is 17.3 Å². The number of ether oxygens (including phenoxy) is 1. The molecule has 1 aromatic rings. The molecule has 5 atom stereocenters. The van der Waals surface area contributed by atoms with Gasteiger partial charge in [0.25, 0.3) is 10.1 Å². The minimum absolute atomic E-state index is 0.00468. The molecule has 8 nitrogen and oxygen atoms in total. The Labute approximate surface area is 233 Å². The SMILES string of the molecule is CCOC(=O)[C@]12CC(=O)[C@@H]3C[C@H](OS(=O)(=O)c4ccc(Br)cc4)CN3C(=O)[C@@H](C)CCCCC/C=C\[C@@H]1C2. The number of carbonyl (C=O) groups excluding carboxylic acids is 3. The number of hydrogen-bond acceptors (Lipinski definition) is 7. The fourth-order valence-corrected chi connectivity index (χ4v) is 6.95. The Hall–Kier alpha value is -2.04. The van der Waals surface area contributed by atoms with E-state index in [0.29, 0.717) is 12.8 Å². The monoisotopic (exact) mass is 609 g/mol. The van der Waals surface area contributed by atoms with E-state index in [-0.39, 0.29) is 60.4 Å². The van der Waals surface area contributed by atoms with Gasteiger partial charge in [0.05, 0.1) is 29.1 Å². The first-order valence-corrected chi connectivity index (χ1v) is 15.6. The predicted octanol–water partition coefficient (Wildman–Crippen LogP) is 4.81. The highest BCUT2D eigenvalue weighted by atomic mass is 79.9. The summed E-state index contributed by atoms with van der Waals surface area (Å²) in [6.45, 7) is 3.82. The fraction of sp³-hybridized carbons (Fsp3) is 0.607. The topological polar surface area (TPSA) is 107 Å². The van der Waals surface area contributed by atoms with Gasteiger partial charge < -0.3 is 9.64 Å². The second kappa shape index (κ2) is 12.0. The van der Waals surface area contributed by atoms with Gasteiger partial charge in [0.15, 0.2) is 5.78 Å². The predicted molar refractivity (Wildman–Crippen MR) is 145 cm³/mol. The number of amides is 1. The van der Waals surface area contributed by atoms with Crippen molar-refractivity contribution in [3.63, 3.8) is 0 Å². The lowest BCUT2D eigenvalue weighted by molar-refractivity contribution is -0.152. The van der Waals surface area contributed by atoms with Crippen LogP contribution in [0.4, 0.5) is 0 Å². The third-order valence-corrected chi connectivity index (χ3v) is 9.79. The maximum absolute atomic E-state index is 13.7. The Morgan fingerprint density at radius 1 is 1.16 bits per heavy atom. The second-order valence-corrected chi connectivity index (χ2v) is 13.2. The zero-order valence-electron chi connectivity index (χ0n) is 21.9. The Morgan fingerprint density at radius 2 is 1.89 bits per heavy atom. The van der Waals surface area contributed by atoms with E-state index in [9.17, 15) is 22.8 Å². The molecule has 1 saturated heterocycles. The third kappa shape index (κ3) is 6.39. The van der Waals surface area contributed by atoms with Crippen LogP contribution >= 0.6 is 15.9 Å². The first kappa shape index (κ1) is 29.0. The van der Waals surface area contributed by atoms with Crippen molar-refractivity contribution in [2.75, 3.05) is 13.2 Å². The van der Waals surface area contributed by atoms with Gasteiger partial charge in [-0.1, -0.05) is 47.8 Å². The van der Waals surface area contributed by atoms with Crippen LogP contribution in [0.5, 0.6) is 0 Å². The van der Waals surface area contributed by atoms with E-state index >= 15 is 0 Å². The molecule has 3 aliphatic rings. The molecule has 0 radical (unpaired) electrons. The van der Waals surface area contributed by atoms with Gasteiger partial charge in [-0.3, -0.25) is 18.6 Å². The first-order chi connectivity index (χ1) is 18.1. The molecule has 0 aromatic heterocycles. The number of esters is 1. The number of carbonyl (C=O) groups is 3.